The molecule has 1 heterocycles. The van der Waals surface area contributed by atoms with Crippen LogP contribution in [0.2, 0.25) is 0 Å². The molecular formula is C11H12F2N2O. The van der Waals surface area contributed by atoms with E-state index in [1.165, 1.54) is 17.0 Å². The lowest BCUT2D eigenvalue weighted by Crippen LogP contribution is -2.33. The molecule has 1 amide bonds. The van der Waals surface area contributed by atoms with E-state index in [2.05, 4.69) is 0 Å². The quantitative estimate of drug-likeness (QED) is 0.818. The molecule has 5 heteroatoms. The highest BCUT2D eigenvalue weighted by atomic mass is 19.1. The Hall–Kier alpha value is -1.49. The average molecular weight is 226 g/mol. The molecule has 1 unspecified atom stereocenters. The molecule has 1 atom stereocenters. The molecule has 0 saturated carbocycles. The predicted molar refractivity (Wildman–Crippen MR) is 54.4 cm³/mol. The number of rotatable bonds is 2. The molecule has 1 aliphatic rings. The van der Waals surface area contributed by atoms with Crippen molar-refractivity contribution in [2.24, 2.45) is 5.73 Å². The Morgan fingerprint density at radius 3 is 2.75 bits per heavy atom. The minimum Gasteiger partial charge on any atom is -0.337 e. The Morgan fingerprint density at radius 2 is 2.19 bits per heavy atom. The van der Waals surface area contributed by atoms with Crippen LogP contribution in [0, 0.1) is 11.6 Å². The first kappa shape index (κ1) is 11.0. The van der Waals surface area contributed by atoms with Gasteiger partial charge in [-0.1, -0.05) is 6.07 Å². The lowest BCUT2D eigenvalue weighted by atomic mass is 10.2. The lowest BCUT2D eigenvalue weighted by Gasteiger charge is -2.16. The molecule has 0 aliphatic carbocycles. The van der Waals surface area contributed by atoms with Gasteiger partial charge in [0, 0.05) is 24.7 Å². The predicted octanol–water partition coefficient (Wildman–Crippen LogP) is 1.02. The third-order valence-electron chi connectivity index (χ3n) is 2.72. The van der Waals surface area contributed by atoms with Gasteiger partial charge in [0.25, 0.3) is 0 Å². The molecule has 2 N–H and O–H groups in total. The maximum Gasteiger partial charge on any atom is 0.239 e. The number of nitrogens with two attached hydrogens (primary N) is 1. The first-order valence-electron chi connectivity index (χ1n) is 5.06. The standard InChI is InChI=1S/C11H12F2N2O/c12-8-2-1-7(9(13)5-8)6-15-4-3-10(14)11(15)16/h1-2,5,10H,3-4,6,14H2. The van der Waals surface area contributed by atoms with Crippen molar-refractivity contribution in [1.82, 2.24) is 4.90 Å². The Labute approximate surface area is 91.8 Å². The highest BCUT2D eigenvalue weighted by molar-refractivity contribution is 5.83. The highest BCUT2D eigenvalue weighted by Crippen LogP contribution is 2.16. The van der Waals surface area contributed by atoms with Crippen LogP contribution in [0.25, 0.3) is 0 Å². The molecule has 1 saturated heterocycles. The van der Waals surface area contributed by atoms with Crippen LogP contribution in [0.1, 0.15) is 12.0 Å². The Balaban J connectivity index is 2.12. The van der Waals surface area contributed by atoms with Gasteiger partial charge in [-0.15, -0.1) is 0 Å². The second kappa shape index (κ2) is 4.17. The summed E-state index contributed by atoms with van der Waals surface area (Å²) in [6, 6.07) is 2.86. The zero-order valence-corrected chi connectivity index (χ0v) is 8.62. The molecule has 0 spiro atoms. The number of hydrogen-bond acceptors (Lipinski definition) is 2. The molecule has 86 valence electrons. The highest BCUT2D eigenvalue weighted by Gasteiger charge is 2.28. The summed E-state index contributed by atoms with van der Waals surface area (Å²) in [7, 11) is 0. The van der Waals surface area contributed by atoms with Crippen LogP contribution in [-0.4, -0.2) is 23.4 Å². The minimum atomic E-state index is -0.631. The summed E-state index contributed by atoms with van der Waals surface area (Å²) in [5, 5.41) is 0. The van der Waals surface area contributed by atoms with Gasteiger partial charge in [-0.2, -0.15) is 0 Å². The van der Waals surface area contributed by atoms with E-state index < -0.39 is 17.7 Å². The van der Waals surface area contributed by atoms with E-state index in [9.17, 15) is 13.6 Å². The second-order valence-electron chi connectivity index (χ2n) is 3.89. The Morgan fingerprint density at radius 1 is 1.44 bits per heavy atom. The average Bonchev–Trinajstić information content (AvgIpc) is 2.54. The topological polar surface area (TPSA) is 46.3 Å². The normalized spacial score (nSPS) is 20.6. The number of amides is 1. The Kier molecular flexibility index (Phi) is 2.87. The Bertz CT molecular complexity index is 422. The number of carbonyl (C=O) groups is 1. The van der Waals surface area contributed by atoms with Crippen LogP contribution in [0.15, 0.2) is 18.2 Å². The van der Waals surface area contributed by atoms with Crippen molar-refractivity contribution in [3.05, 3.63) is 35.4 Å². The van der Waals surface area contributed by atoms with E-state index in [-0.39, 0.29) is 12.5 Å². The van der Waals surface area contributed by atoms with E-state index in [0.717, 1.165) is 6.07 Å². The number of hydrogen-bond donors (Lipinski definition) is 1. The van der Waals surface area contributed by atoms with Crippen LogP contribution in [0.5, 0.6) is 0 Å². The van der Waals surface area contributed by atoms with E-state index in [4.69, 9.17) is 5.73 Å². The van der Waals surface area contributed by atoms with Gasteiger partial charge in [-0.3, -0.25) is 4.79 Å². The van der Waals surface area contributed by atoms with Gasteiger partial charge in [0.2, 0.25) is 5.91 Å². The van der Waals surface area contributed by atoms with E-state index >= 15 is 0 Å². The summed E-state index contributed by atoms with van der Waals surface area (Å²) in [4.78, 5) is 13.0. The molecule has 1 aromatic rings. The number of carbonyl (C=O) groups excluding carboxylic acids is 1. The largest absolute Gasteiger partial charge is 0.337 e. The van der Waals surface area contributed by atoms with Gasteiger partial charge in [0.05, 0.1) is 6.04 Å². The van der Waals surface area contributed by atoms with Crippen molar-refractivity contribution in [2.75, 3.05) is 6.54 Å². The monoisotopic (exact) mass is 226 g/mol. The fraction of sp³-hybridized carbons (Fsp3) is 0.364. The van der Waals surface area contributed by atoms with Crippen molar-refractivity contribution in [3.8, 4) is 0 Å². The molecule has 3 nitrogen and oxygen atoms in total. The molecule has 16 heavy (non-hydrogen) atoms. The fourth-order valence-corrected chi connectivity index (χ4v) is 1.78. The molecule has 1 fully saturated rings. The van der Waals surface area contributed by atoms with Gasteiger partial charge in [0.15, 0.2) is 0 Å². The van der Waals surface area contributed by atoms with Crippen molar-refractivity contribution in [3.63, 3.8) is 0 Å². The van der Waals surface area contributed by atoms with Gasteiger partial charge < -0.3 is 10.6 Å². The molecule has 0 bridgehead atoms. The summed E-state index contributed by atoms with van der Waals surface area (Å²) < 4.78 is 26.0. The van der Waals surface area contributed by atoms with Crippen molar-refractivity contribution >= 4 is 5.91 Å². The van der Waals surface area contributed by atoms with Crippen LogP contribution in [-0.2, 0) is 11.3 Å². The first-order chi connectivity index (χ1) is 7.58. The van der Waals surface area contributed by atoms with Crippen molar-refractivity contribution in [1.29, 1.82) is 0 Å². The van der Waals surface area contributed by atoms with Crippen LogP contribution in [0.4, 0.5) is 8.78 Å². The maximum atomic E-state index is 13.3. The molecule has 1 aliphatic heterocycles. The van der Waals surface area contributed by atoms with Gasteiger partial charge in [-0.25, -0.2) is 8.78 Å². The molecule has 1 aromatic carbocycles. The summed E-state index contributed by atoms with van der Waals surface area (Å²) in [6.45, 7) is 0.676. The summed E-state index contributed by atoms with van der Waals surface area (Å²) in [5.41, 5.74) is 5.85. The van der Waals surface area contributed by atoms with Crippen LogP contribution < -0.4 is 5.73 Å². The summed E-state index contributed by atoms with van der Waals surface area (Å²) in [6.07, 6.45) is 0.585. The van der Waals surface area contributed by atoms with E-state index in [0.29, 0.717) is 18.5 Å². The minimum absolute atomic E-state index is 0.151. The van der Waals surface area contributed by atoms with Crippen molar-refractivity contribution in [2.45, 2.75) is 19.0 Å². The fourth-order valence-electron chi connectivity index (χ4n) is 1.78. The number of nitrogens with zero attached hydrogens (tertiary/aromatic N) is 1. The molecule has 2 rings (SSSR count). The van der Waals surface area contributed by atoms with E-state index in [1.807, 2.05) is 0 Å². The van der Waals surface area contributed by atoms with Crippen LogP contribution in [0.3, 0.4) is 0 Å². The van der Waals surface area contributed by atoms with Gasteiger partial charge in [0.1, 0.15) is 11.6 Å². The summed E-state index contributed by atoms with van der Waals surface area (Å²) in [5.74, 6) is -1.43. The number of halogens is 2. The first-order valence-corrected chi connectivity index (χ1v) is 5.06. The molecular weight excluding hydrogens is 214 g/mol. The van der Waals surface area contributed by atoms with Gasteiger partial charge in [-0.05, 0) is 12.5 Å². The zero-order chi connectivity index (χ0) is 11.7. The third kappa shape index (κ3) is 2.04. The van der Waals surface area contributed by atoms with Crippen LogP contribution >= 0.6 is 0 Å². The smallest absolute Gasteiger partial charge is 0.239 e. The number of likely N-dealkylation sites (tertiary alicyclic amines) is 1. The molecule has 0 aromatic heterocycles. The SMILES string of the molecule is NC1CCN(Cc2ccc(F)cc2F)C1=O. The second-order valence-corrected chi connectivity index (χ2v) is 3.89. The zero-order valence-electron chi connectivity index (χ0n) is 8.62. The number of benzene rings is 1. The maximum absolute atomic E-state index is 13.3. The molecule has 0 radical (unpaired) electrons. The lowest BCUT2D eigenvalue weighted by molar-refractivity contribution is -0.129. The third-order valence-corrected chi connectivity index (χ3v) is 2.72. The van der Waals surface area contributed by atoms with Crippen molar-refractivity contribution < 1.29 is 13.6 Å². The summed E-state index contributed by atoms with van der Waals surface area (Å²) >= 11 is 0. The van der Waals surface area contributed by atoms with E-state index in [1.54, 1.807) is 0 Å². The van der Waals surface area contributed by atoms with Gasteiger partial charge >= 0.3 is 0 Å².